The van der Waals surface area contributed by atoms with Crippen molar-refractivity contribution >= 4 is 19.2 Å². The summed E-state index contributed by atoms with van der Waals surface area (Å²) in [5, 5.41) is 0. The number of carbonyl (C=O) groups excluding carboxylic acids is 2. The van der Waals surface area contributed by atoms with Crippen LogP contribution in [0.15, 0.2) is 0 Å². The summed E-state index contributed by atoms with van der Waals surface area (Å²) in [6.07, 6.45) is 1.37. The van der Waals surface area contributed by atoms with E-state index in [4.69, 9.17) is 9.79 Å². The SMILES string of the molecule is O=C1C[CH]CC(=O)C1P(=O)(O)O. The van der Waals surface area contributed by atoms with E-state index in [1.165, 1.54) is 6.42 Å². The Labute approximate surface area is 68.9 Å². The molecule has 1 radical (unpaired) electrons. The molecule has 1 fully saturated rings. The summed E-state index contributed by atoms with van der Waals surface area (Å²) < 4.78 is 10.6. The van der Waals surface area contributed by atoms with Gasteiger partial charge in [-0.1, -0.05) is 0 Å². The maximum atomic E-state index is 10.9. The molecule has 0 aromatic carbocycles. The topological polar surface area (TPSA) is 91.7 Å². The van der Waals surface area contributed by atoms with E-state index in [1.807, 2.05) is 0 Å². The highest BCUT2D eigenvalue weighted by Crippen LogP contribution is 2.44. The molecule has 1 aliphatic carbocycles. The van der Waals surface area contributed by atoms with Crippen molar-refractivity contribution in [2.75, 3.05) is 0 Å². The fraction of sp³-hybridized carbons (Fsp3) is 0.500. The van der Waals surface area contributed by atoms with Crippen molar-refractivity contribution in [2.24, 2.45) is 0 Å². The Kier molecular flexibility index (Phi) is 2.46. The molecule has 0 spiro atoms. The highest BCUT2D eigenvalue weighted by molar-refractivity contribution is 7.55. The van der Waals surface area contributed by atoms with E-state index in [1.54, 1.807) is 0 Å². The molecule has 2 N–H and O–H groups in total. The molecule has 12 heavy (non-hydrogen) atoms. The average molecular weight is 191 g/mol. The lowest BCUT2D eigenvalue weighted by Crippen LogP contribution is -2.34. The zero-order valence-corrected chi connectivity index (χ0v) is 7.03. The Morgan fingerprint density at radius 3 is 1.92 bits per heavy atom. The van der Waals surface area contributed by atoms with Gasteiger partial charge in [0.2, 0.25) is 0 Å². The van der Waals surface area contributed by atoms with Crippen molar-refractivity contribution < 1.29 is 23.9 Å². The smallest absolute Gasteiger partial charge is 0.324 e. The van der Waals surface area contributed by atoms with Crippen LogP contribution in [0.3, 0.4) is 0 Å². The maximum absolute atomic E-state index is 10.9. The van der Waals surface area contributed by atoms with Crippen LogP contribution in [0, 0.1) is 6.42 Å². The van der Waals surface area contributed by atoms with E-state index in [9.17, 15) is 14.2 Å². The Hall–Kier alpha value is -0.510. The quantitative estimate of drug-likeness (QED) is 0.437. The van der Waals surface area contributed by atoms with E-state index in [0.717, 1.165) is 0 Å². The largest absolute Gasteiger partial charge is 0.343 e. The molecule has 0 aromatic heterocycles. The second-order valence-corrected chi connectivity index (χ2v) is 4.32. The van der Waals surface area contributed by atoms with Crippen molar-refractivity contribution in [3.8, 4) is 0 Å². The molecule has 5 nitrogen and oxygen atoms in total. The van der Waals surface area contributed by atoms with Gasteiger partial charge in [0.25, 0.3) is 0 Å². The molecular formula is C6H8O5P. The number of Topliss-reactive ketones (excluding diaryl/α,β-unsaturated/α-hetero) is 2. The standard InChI is InChI=1S/C6H8O5P/c7-4-2-1-3-5(8)6(4)12(9,10)11/h1,6H,2-3H2,(H2,9,10,11). The van der Waals surface area contributed by atoms with E-state index in [-0.39, 0.29) is 12.8 Å². The molecule has 0 amide bonds. The summed E-state index contributed by atoms with van der Waals surface area (Å²) in [5.74, 6) is -1.36. The molecule has 0 aliphatic heterocycles. The molecule has 0 heterocycles. The number of hydrogen-bond donors (Lipinski definition) is 2. The van der Waals surface area contributed by atoms with E-state index in [0.29, 0.717) is 0 Å². The van der Waals surface area contributed by atoms with Gasteiger partial charge in [-0.2, -0.15) is 0 Å². The second kappa shape index (κ2) is 3.09. The van der Waals surface area contributed by atoms with E-state index >= 15 is 0 Å². The molecule has 6 heteroatoms. The predicted octanol–water partition coefficient (Wildman–Crippen LogP) is -0.331. The number of carbonyl (C=O) groups is 2. The molecule has 1 rings (SSSR count). The first-order valence-corrected chi connectivity index (χ1v) is 5.03. The molecule has 0 atom stereocenters. The Morgan fingerprint density at radius 2 is 1.67 bits per heavy atom. The van der Waals surface area contributed by atoms with Crippen LogP contribution < -0.4 is 0 Å². The van der Waals surface area contributed by atoms with Gasteiger partial charge in [-0.05, 0) is 6.42 Å². The van der Waals surface area contributed by atoms with E-state index in [2.05, 4.69) is 0 Å². The Morgan fingerprint density at radius 1 is 1.25 bits per heavy atom. The summed E-state index contributed by atoms with van der Waals surface area (Å²) in [6.45, 7) is 0. The van der Waals surface area contributed by atoms with Gasteiger partial charge in [0.05, 0.1) is 0 Å². The van der Waals surface area contributed by atoms with Crippen molar-refractivity contribution in [3.05, 3.63) is 6.42 Å². The van der Waals surface area contributed by atoms with Crippen LogP contribution >= 0.6 is 7.60 Å². The highest BCUT2D eigenvalue weighted by atomic mass is 31.2. The summed E-state index contributed by atoms with van der Waals surface area (Å²) in [6, 6.07) is 0. The molecule has 0 bridgehead atoms. The van der Waals surface area contributed by atoms with Gasteiger partial charge in [-0.3, -0.25) is 14.2 Å². The lowest BCUT2D eigenvalue weighted by molar-refractivity contribution is -0.127. The fourth-order valence-corrected chi connectivity index (χ4v) is 2.10. The van der Waals surface area contributed by atoms with Gasteiger partial charge in [0.15, 0.2) is 17.2 Å². The van der Waals surface area contributed by atoms with Crippen LogP contribution in [0.2, 0.25) is 0 Å². The monoisotopic (exact) mass is 191 g/mol. The normalized spacial score (nSPS) is 21.5. The van der Waals surface area contributed by atoms with Gasteiger partial charge in [-0.25, -0.2) is 0 Å². The van der Waals surface area contributed by atoms with Gasteiger partial charge < -0.3 is 9.79 Å². The zero-order chi connectivity index (χ0) is 9.35. The van der Waals surface area contributed by atoms with Crippen molar-refractivity contribution in [1.82, 2.24) is 0 Å². The molecule has 0 unspecified atom stereocenters. The minimum absolute atomic E-state index is 0.0263. The molecule has 0 aromatic rings. The van der Waals surface area contributed by atoms with Crippen LogP contribution in [0.5, 0.6) is 0 Å². The number of rotatable bonds is 1. The predicted molar refractivity (Wildman–Crippen MR) is 39.4 cm³/mol. The van der Waals surface area contributed by atoms with Gasteiger partial charge >= 0.3 is 7.60 Å². The van der Waals surface area contributed by atoms with Gasteiger partial charge in [-0.15, -0.1) is 0 Å². The minimum Gasteiger partial charge on any atom is -0.324 e. The summed E-state index contributed by atoms with van der Waals surface area (Å²) in [5.41, 5.74) is -1.71. The first kappa shape index (κ1) is 9.58. The highest BCUT2D eigenvalue weighted by Gasteiger charge is 2.42. The van der Waals surface area contributed by atoms with Crippen molar-refractivity contribution in [1.29, 1.82) is 0 Å². The molecular weight excluding hydrogens is 183 g/mol. The van der Waals surface area contributed by atoms with E-state index < -0.39 is 24.8 Å². The first-order valence-electron chi connectivity index (χ1n) is 3.35. The van der Waals surface area contributed by atoms with Crippen LogP contribution in [-0.2, 0) is 14.2 Å². The van der Waals surface area contributed by atoms with Crippen LogP contribution in [-0.4, -0.2) is 27.0 Å². The third-order valence-electron chi connectivity index (χ3n) is 1.64. The lowest BCUT2D eigenvalue weighted by Gasteiger charge is -2.19. The molecule has 0 saturated heterocycles. The first-order chi connectivity index (χ1) is 5.43. The average Bonchev–Trinajstić information content (AvgIpc) is 1.82. The molecule has 67 valence electrons. The number of hydrogen-bond acceptors (Lipinski definition) is 3. The maximum Gasteiger partial charge on any atom is 0.343 e. The number of ketones is 2. The molecule has 1 saturated carbocycles. The van der Waals surface area contributed by atoms with Gasteiger partial charge in [0, 0.05) is 12.8 Å². The third-order valence-corrected chi connectivity index (χ3v) is 2.89. The second-order valence-electron chi connectivity index (χ2n) is 2.62. The Bertz CT molecular complexity index is 249. The molecule has 1 aliphatic rings. The van der Waals surface area contributed by atoms with Crippen molar-refractivity contribution in [3.63, 3.8) is 0 Å². The fourth-order valence-electron chi connectivity index (χ4n) is 1.13. The summed E-state index contributed by atoms with van der Waals surface area (Å²) >= 11 is 0. The lowest BCUT2D eigenvalue weighted by atomic mass is 9.98. The summed E-state index contributed by atoms with van der Waals surface area (Å²) in [7, 11) is -4.57. The summed E-state index contributed by atoms with van der Waals surface area (Å²) in [4.78, 5) is 39.1. The van der Waals surface area contributed by atoms with Gasteiger partial charge in [0.1, 0.15) is 0 Å². The van der Waals surface area contributed by atoms with Crippen LogP contribution in [0.1, 0.15) is 12.8 Å². The van der Waals surface area contributed by atoms with Crippen LogP contribution in [0.4, 0.5) is 0 Å². The zero-order valence-electron chi connectivity index (χ0n) is 6.14. The van der Waals surface area contributed by atoms with Crippen molar-refractivity contribution in [2.45, 2.75) is 18.5 Å². The Balaban J connectivity index is 2.92. The third kappa shape index (κ3) is 1.80. The minimum atomic E-state index is -4.57. The van der Waals surface area contributed by atoms with Crippen LogP contribution in [0.25, 0.3) is 0 Å².